The van der Waals surface area contributed by atoms with Crippen molar-refractivity contribution >= 4 is 38.3 Å². The Kier molecular flexibility index (Phi) is 5.09. The number of halogens is 3. The summed E-state index contributed by atoms with van der Waals surface area (Å²) in [4.78, 5) is 12.3. The number of aryl methyl sites for hydroxylation is 2. The molecule has 3 aromatic heterocycles. The predicted octanol–water partition coefficient (Wildman–Crippen LogP) is 6.53. The quantitative estimate of drug-likeness (QED) is 0.319. The highest BCUT2D eigenvalue weighted by Crippen LogP contribution is 2.37. The third-order valence-corrected chi connectivity index (χ3v) is 6.77. The number of nitrogens with one attached hydrogen (secondary N) is 2. The molecule has 4 nitrogen and oxygen atoms in total. The molecule has 8 heteroatoms. The molecule has 0 radical (unpaired) electrons. The molecule has 5 rings (SSSR count). The van der Waals surface area contributed by atoms with Crippen LogP contribution in [-0.4, -0.2) is 21.5 Å². The summed E-state index contributed by atoms with van der Waals surface area (Å²) in [6.45, 7) is 4.48. The summed E-state index contributed by atoms with van der Waals surface area (Å²) in [5.41, 5.74) is 4.40. The highest BCUT2D eigenvalue weighted by atomic mass is 32.1. The lowest BCUT2D eigenvalue weighted by molar-refractivity contribution is 0.603. The number of nitrogens with zero attached hydrogens (tertiary/aromatic N) is 2. The molecule has 0 atom stereocenters. The zero-order valence-electron chi connectivity index (χ0n) is 17.4. The second-order valence-electron chi connectivity index (χ2n) is 7.69. The predicted molar refractivity (Wildman–Crippen MR) is 123 cm³/mol. The molecule has 0 fully saturated rings. The van der Waals surface area contributed by atoms with Crippen LogP contribution in [0, 0.1) is 31.3 Å². The number of fused-ring (bicyclic) bond motifs is 2. The summed E-state index contributed by atoms with van der Waals surface area (Å²) in [5.74, 6) is -0.619. The van der Waals surface area contributed by atoms with E-state index in [0.29, 0.717) is 34.7 Å². The maximum Gasteiger partial charge on any atom is 0.147 e. The third-order valence-electron chi connectivity index (χ3n) is 5.60. The lowest BCUT2D eigenvalue weighted by atomic mass is 10.0. The van der Waals surface area contributed by atoms with E-state index in [1.807, 2.05) is 13.8 Å². The van der Waals surface area contributed by atoms with Gasteiger partial charge in [0.05, 0.1) is 15.7 Å². The molecule has 2 N–H and O–H groups in total. The lowest BCUT2D eigenvalue weighted by Gasteiger charge is -2.08. The van der Waals surface area contributed by atoms with Gasteiger partial charge in [-0.2, -0.15) is 0 Å². The SMILES string of the molecule is Cc1[nH]c2c(F)ccc(C)c2c1CCNc1ncnc2cc(-c3cc(F)ccc3F)sc12. The van der Waals surface area contributed by atoms with Crippen molar-refractivity contribution < 1.29 is 13.2 Å². The molecule has 5 aromatic rings. The van der Waals surface area contributed by atoms with E-state index in [1.54, 1.807) is 12.1 Å². The van der Waals surface area contributed by atoms with E-state index in [2.05, 4.69) is 20.3 Å². The minimum absolute atomic E-state index is 0.200. The maximum atomic E-state index is 14.2. The number of benzene rings is 2. The number of thiophene rings is 1. The van der Waals surface area contributed by atoms with Gasteiger partial charge >= 0.3 is 0 Å². The fourth-order valence-corrected chi connectivity index (χ4v) is 5.16. The fraction of sp³-hybridized carbons (Fsp3) is 0.167. The van der Waals surface area contributed by atoms with Gasteiger partial charge in [0.2, 0.25) is 0 Å². The molecule has 32 heavy (non-hydrogen) atoms. The molecule has 0 unspecified atom stereocenters. The molecule has 0 spiro atoms. The highest BCUT2D eigenvalue weighted by Gasteiger charge is 2.16. The number of rotatable bonds is 5. The van der Waals surface area contributed by atoms with E-state index >= 15 is 0 Å². The van der Waals surface area contributed by atoms with Gasteiger partial charge < -0.3 is 10.3 Å². The first-order chi connectivity index (χ1) is 15.4. The van der Waals surface area contributed by atoms with Gasteiger partial charge in [0.25, 0.3) is 0 Å². The number of H-pyrrole nitrogens is 1. The van der Waals surface area contributed by atoms with E-state index in [9.17, 15) is 13.2 Å². The van der Waals surface area contributed by atoms with Crippen LogP contribution >= 0.6 is 11.3 Å². The Bertz CT molecular complexity index is 1470. The van der Waals surface area contributed by atoms with Crippen molar-refractivity contribution in [1.29, 1.82) is 0 Å². The molecule has 3 heterocycles. The third kappa shape index (κ3) is 3.50. The molecule has 0 aliphatic carbocycles. The van der Waals surface area contributed by atoms with Crippen LogP contribution in [0.15, 0.2) is 42.7 Å². The Balaban J connectivity index is 1.43. The Morgan fingerprint density at radius 3 is 2.66 bits per heavy atom. The smallest absolute Gasteiger partial charge is 0.147 e. The van der Waals surface area contributed by atoms with E-state index in [-0.39, 0.29) is 11.4 Å². The second-order valence-corrected chi connectivity index (χ2v) is 8.74. The number of aromatic amines is 1. The molecular formula is C24H19F3N4S. The van der Waals surface area contributed by atoms with Gasteiger partial charge in [-0.1, -0.05) is 6.07 Å². The van der Waals surface area contributed by atoms with Crippen molar-refractivity contribution in [1.82, 2.24) is 15.0 Å². The molecule has 0 amide bonds. The number of hydrogen-bond donors (Lipinski definition) is 2. The van der Waals surface area contributed by atoms with E-state index in [4.69, 9.17) is 0 Å². The van der Waals surface area contributed by atoms with Gasteiger partial charge in [-0.15, -0.1) is 11.3 Å². The molecule has 162 valence electrons. The molecule has 0 bridgehead atoms. The maximum absolute atomic E-state index is 14.2. The zero-order chi connectivity index (χ0) is 22.4. The minimum atomic E-state index is -0.496. The van der Waals surface area contributed by atoms with Crippen LogP contribution in [0.3, 0.4) is 0 Å². The van der Waals surface area contributed by atoms with Gasteiger partial charge in [-0.05, 0) is 61.7 Å². The normalized spacial score (nSPS) is 11.5. The van der Waals surface area contributed by atoms with Crippen LogP contribution in [0.1, 0.15) is 16.8 Å². The molecule has 2 aromatic carbocycles. The van der Waals surface area contributed by atoms with E-state index in [1.165, 1.54) is 29.8 Å². The fourth-order valence-electron chi connectivity index (χ4n) is 4.06. The van der Waals surface area contributed by atoms with E-state index < -0.39 is 11.6 Å². The van der Waals surface area contributed by atoms with Gasteiger partial charge in [0, 0.05) is 28.1 Å². The number of anilines is 1. The average Bonchev–Trinajstić information content (AvgIpc) is 3.35. The van der Waals surface area contributed by atoms with Crippen molar-refractivity contribution in [3.8, 4) is 10.4 Å². The van der Waals surface area contributed by atoms with E-state index in [0.717, 1.165) is 39.0 Å². The topological polar surface area (TPSA) is 53.6 Å². The highest BCUT2D eigenvalue weighted by molar-refractivity contribution is 7.22. The monoisotopic (exact) mass is 452 g/mol. The number of aromatic nitrogens is 3. The van der Waals surface area contributed by atoms with Crippen LogP contribution in [-0.2, 0) is 6.42 Å². The first-order valence-electron chi connectivity index (χ1n) is 10.1. The Hall–Kier alpha value is -3.39. The van der Waals surface area contributed by atoms with Crippen molar-refractivity contribution in [2.24, 2.45) is 0 Å². The van der Waals surface area contributed by atoms with Gasteiger partial charge in [0.1, 0.15) is 29.6 Å². The minimum Gasteiger partial charge on any atom is -0.368 e. The van der Waals surface area contributed by atoms with Gasteiger partial charge in [-0.25, -0.2) is 23.1 Å². The molecule has 0 saturated heterocycles. The van der Waals surface area contributed by atoms with Crippen LogP contribution in [0.4, 0.5) is 19.0 Å². The van der Waals surface area contributed by atoms with Crippen molar-refractivity contribution in [3.05, 3.63) is 77.0 Å². The summed E-state index contributed by atoms with van der Waals surface area (Å²) in [6, 6.07) is 8.40. The molecular weight excluding hydrogens is 433 g/mol. The summed E-state index contributed by atoms with van der Waals surface area (Å²) in [7, 11) is 0. The zero-order valence-corrected chi connectivity index (χ0v) is 18.2. The summed E-state index contributed by atoms with van der Waals surface area (Å²) in [6.07, 6.45) is 2.11. The first kappa shape index (κ1) is 20.5. The molecule has 0 saturated carbocycles. The first-order valence-corrected chi connectivity index (χ1v) is 10.9. The molecule has 0 aliphatic rings. The standard InChI is InChI=1S/C24H19F3N4S/c1-12-3-5-18(27)22-21(12)15(13(2)31-22)7-8-28-24-23-19(29-11-30-24)10-20(32-23)16-9-14(25)4-6-17(16)26/h3-6,9-11,31H,7-8H2,1-2H3,(H,28,29,30). The largest absolute Gasteiger partial charge is 0.368 e. The Labute approximate surface area is 186 Å². The van der Waals surface area contributed by atoms with Crippen LogP contribution in [0.2, 0.25) is 0 Å². The molecule has 0 aliphatic heterocycles. The Morgan fingerprint density at radius 1 is 1.00 bits per heavy atom. The lowest BCUT2D eigenvalue weighted by Crippen LogP contribution is -2.07. The Morgan fingerprint density at radius 2 is 1.81 bits per heavy atom. The van der Waals surface area contributed by atoms with Crippen molar-refractivity contribution in [2.45, 2.75) is 20.3 Å². The summed E-state index contributed by atoms with van der Waals surface area (Å²) < 4.78 is 42.8. The van der Waals surface area contributed by atoms with Crippen LogP contribution in [0.5, 0.6) is 0 Å². The van der Waals surface area contributed by atoms with Gasteiger partial charge in [0.15, 0.2) is 0 Å². The van der Waals surface area contributed by atoms with Crippen LogP contribution in [0.25, 0.3) is 31.6 Å². The summed E-state index contributed by atoms with van der Waals surface area (Å²) >= 11 is 1.31. The number of hydrogen-bond acceptors (Lipinski definition) is 4. The second kappa shape index (κ2) is 7.94. The average molecular weight is 453 g/mol. The summed E-state index contributed by atoms with van der Waals surface area (Å²) in [5, 5.41) is 4.24. The van der Waals surface area contributed by atoms with Gasteiger partial charge in [-0.3, -0.25) is 0 Å². The van der Waals surface area contributed by atoms with Crippen molar-refractivity contribution in [3.63, 3.8) is 0 Å². The van der Waals surface area contributed by atoms with Crippen molar-refractivity contribution in [2.75, 3.05) is 11.9 Å². The van der Waals surface area contributed by atoms with Crippen LogP contribution < -0.4 is 5.32 Å².